The Kier molecular flexibility index (Phi) is 4.92. The van der Waals surface area contributed by atoms with Gasteiger partial charge in [0.25, 0.3) is 0 Å². The van der Waals surface area contributed by atoms with Crippen LogP contribution in [-0.2, 0) is 11.3 Å². The first-order chi connectivity index (χ1) is 13.2. The number of fused-ring (bicyclic) bond motifs is 1. The molecular weight excluding hydrogens is 362 g/mol. The summed E-state index contributed by atoms with van der Waals surface area (Å²) in [6.45, 7) is 1.10. The van der Waals surface area contributed by atoms with E-state index in [1.807, 2.05) is 36.4 Å². The van der Waals surface area contributed by atoms with Gasteiger partial charge < -0.3 is 9.15 Å². The summed E-state index contributed by atoms with van der Waals surface area (Å²) in [5.74, 6) is 2.02. The molecule has 27 heavy (non-hydrogen) atoms. The van der Waals surface area contributed by atoms with Crippen LogP contribution in [0, 0.1) is 11.3 Å². The van der Waals surface area contributed by atoms with Gasteiger partial charge in [-0.05, 0) is 18.2 Å². The predicted molar refractivity (Wildman–Crippen MR) is 101 cm³/mol. The number of hydrogen-bond acceptors (Lipinski definition) is 6. The van der Waals surface area contributed by atoms with Gasteiger partial charge >= 0.3 is 0 Å². The molecule has 0 N–H and O–H groups in total. The molecule has 1 aromatic carbocycles. The first kappa shape index (κ1) is 17.7. The number of nitriles is 1. The molecule has 0 saturated carbocycles. The van der Waals surface area contributed by atoms with E-state index in [-0.39, 0.29) is 18.2 Å². The van der Waals surface area contributed by atoms with Crippen molar-refractivity contribution in [1.29, 1.82) is 5.26 Å². The Morgan fingerprint density at radius 1 is 1.33 bits per heavy atom. The van der Waals surface area contributed by atoms with E-state index in [2.05, 4.69) is 11.0 Å². The zero-order valence-electron chi connectivity index (χ0n) is 14.9. The number of rotatable bonds is 4. The summed E-state index contributed by atoms with van der Waals surface area (Å²) in [4.78, 5) is 16.8. The van der Waals surface area contributed by atoms with Crippen LogP contribution < -0.4 is 4.74 Å². The van der Waals surface area contributed by atoms with Crippen LogP contribution in [0.25, 0.3) is 0 Å². The summed E-state index contributed by atoms with van der Waals surface area (Å²) < 4.78 is 10.9. The number of carbonyl (C=O) groups excluding carboxylic acids is 1. The van der Waals surface area contributed by atoms with Crippen molar-refractivity contribution in [2.75, 3.05) is 19.7 Å². The maximum absolute atomic E-state index is 12.9. The molecule has 0 radical (unpaired) electrons. The highest BCUT2D eigenvalue weighted by Gasteiger charge is 2.39. The molecule has 1 saturated heterocycles. The average molecular weight is 381 g/mol. The van der Waals surface area contributed by atoms with Crippen molar-refractivity contribution in [1.82, 2.24) is 9.80 Å². The second kappa shape index (κ2) is 7.51. The molecule has 1 atom stereocenters. The Morgan fingerprint density at radius 3 is 2.93 bits per heavy atom. The number of benzene rings is 1. The smallest absolute Gasteiger partial charge is 0.229 e. The first-order valence-electron chi connectivity index (χ1n) is 8.66. The monoisotopic (exact) mass is 381 g/mol. The van der Waals surface area contributed by atoms with Gasteiger partial charge in [-0.15, -0.1) is 0 Å². The summed E-state index contributed by atoms with van der Waals surface area (Å²) in [6, 6.07) is 13.7. The quantitative estimate of drug-likeness (QED) is 0.807. The minimum atomic E-state index is -0.269. The third-order valence-corrected chi connectivity index (χ3v) is 6.03. The van der Waals surface area contributed by atoms with Crippen LogP contribution in [0.2, 0.25) is 0 Å². The summed E-state index contributed by atoms with van der Waals surface area (Å²) in [5, 5.41) is 10.6. The topological polar surface area (TPSA) is 69.7 Å². The number of ether oxygens (including phenoxy) is 1. The predicted octanol–water partition coefficient (Wildman–Crippen LogP) is 3.50. The Hall–Kier alpha value is -2.69. The number of allylic oxidation sites excluding steroid dienone is 1. The molecule has 7 heteroatoms. The van der Waals surface area contributed by atoms with E-state index in [1.165, 1.54) is 11.8 Å². The number of thioether (sulfide) groups is 1. The number of amides is 1. The van der Waals surface area contributed by atoms with Crippen molar-refractivity contribution in [2.45, 2.75) is 18.9 Å². The molecular formula is C20H19N3O3S. The summed E-state index contributed by atoms with van der Waals surface area (Å²) in [6.07, 6.45) is 1.91. The molecule has 0 aliphatic carbocycles. The van der Waals surface area contributed by atoms with Crippen LogP contribution in [0.15, 0.2) is 57.7 Å². The van der Waals surface area contributed by atoms with Crippen molar-refractivity contribution < 1.29 is 13.9 Å². The van der Waals surface area contributed by atoms with Crippen LogP contribution in [0.1, 0.15) is 23.7 Å². The van der Waals surface area contributed by atoms with Crippen LogP contribution in [-0.4, -0.2) is 35.4 Å². The average Bonchev–Trinajstić information content (AvgIpc) is 3.21. The molecule has 4 rings (SSSR count). The minimum absolute atomic E-state index is 0.0246. The normalized spacial score (nSPS) is 20.4. The largest absolute Gasteiger partial charge is 0.496 e. The Bertz CT molecular complexity index is 917. The first-order valence-corrected chi connectivity index (χ1v) is 9.65. The van der Waals surface area contributed by atoms with E-state index in [0.29, 0.717) is 30.4 Å². The highest BCUT2D eigenvalue weighted by atomic mass is 32.2. The van der Waals surface area contributed by atoms with Gasteiger partial charge in [-0.1, -0.05) is 30.0 Å². The third-order valence-electron chi connectivity index (χ3n) is 4.82. The van der Waals surface area contributed by atoms with Gasteiger partial charge in [0.2, 0.25) is 5.91 Å². The van der Waals surface area contributed by atoms with Crippen molar-refractivity contribution in [3.05, 3.63) is 64.6 Å². The Morgan fingerprint density at radius 2 is 2.19 bits per heavy atom. The van der Waals surface area contributed by atoms with Crippen molar-refractivity contribution in [3.8, 4) is 11.8 Å². The second-order valence-corrected chi connectivity index (χ2v) is 7.41. The van der Waals surface area contributed by atoms with E-state index in [9.17, 15) is 10.1 Å². The molecule has 138 valence electrons. The van der Waals surface area contributed by atoms with Crippen LogP contribution in [0.4, 0.5) is 0 Å². The number of hydrogen-bond donors (Lipinski definition) is 0. The third kappa shape index (κ3) is 3.34. The molecule has 0 bridgehead atoms. The molecule has 2 aliphatic heterocycles. The van der Waals surface area contributed by atoms with E-state index >= 15 is 0 Å². The fraction of sp³-hybridized carbons (Fsp3) is 0.300. The molecule has 3 heterocycles. The SMILES string of the molecule is COc1ccccc1[C@@H]1CC(=O)N2CN(Cc3ccco3)CSC2=C1C#N. The zero-order chi connectivity index (χ0) is 18.8. The molecule has 1 amide bonds. The van der Waals surface area contributed by atoms with Gasteiger partial charge in [0.05, 0.1) is 49.1 Å². The van der Waals surface area contributed by atoms with Crippen LogP contribution >= 0.6 is 11.8 Å². The number of para-hydroxylation sites is 1. The van der Waals surface area contributed by atoms with Gasteiger partial charge in [-0.2, -0.15) is 5.26 Å². The van der Waals surface area contributed by atoms with Crippen LogP contribution in [0.3, 0.4) is 0 Å². The molecule has 1 fully saturated rings. The standard InChI is InChI=1S/C20H19N3O3S/c1-25-18-7-3-2-6-15(18)16-9-19(24)23-12-22(11-14-5-4-8-26-14)13-27-20(23)17(16)10-21/h2-8,16H,9,11-13H2,1H3/t16-/m0/s1. The molecule has 1 aromatic heterocycles. The number of carbonyl (C=O) groups is 1. The van der Waals surface area contributed by atoms with E-state index < -0.39 is 0 Å². The summed E-state index contributed by atoms with van der Waals surface area (Å²) in [7, 11) is 1.61. The zero-order valence-corrected chi connectivity index (χ0v) is 15.7. The minimum Gasteiger partial charge on any atom is -0.496 e. The second-order valence-electron chi connectivity index (χ2n) is 6.47. The summed E-state index contributed by atoms with van der Waals surface area (Å²) in [5.41, 5.74) is 1.53. The molecule has 2 aromatic rings. The molecule has 0 unspecified atom stereocenters. The van der Waals surface area contributed by atoms with Gasteiger partial charge in [0, 0.05) is 17.9 Å². The van der Waals surface area contributed by atoms with E-state index in [4.69, 9.17) is 9.15 Å². The highest BCUT2D eigenvalue weighted by Crippen LogP contribution is 2.44. The van der Waals surface area contributed by atoms with Gasteiger partial charge in [-0.25, -0.2) is 0 Å². The highest BCUT2D eigenvalue weighted by molar-refractivity contribution is 8.03. The lowest BCUT2D eigenvalue weighted by molar-refractivity contribution is -0.132. The lowest BCUT2D eigenvalue weighted by Gasteiger charge is -2.41. The van der Waals surface area contributed by atoms with Gasteiger partial charge in [0.15, 0.2) is 0 Å². The molecule has 2 aliphatic rings. The van der Waals surface area contributed by atoms with Gasteiger partial charge in [0.1, 0.15) is 11.5 Å². The lowest BCUT2D eigenvalue weighted by atomic mass is 9.86. The van der Waals surface area contributed by atoms with Crippen molar-refractivity contribution >= 4 is 17.7 Å². The number of nitrogens with zero attached hydrogens (tertiary/aromatic N) is 3. The van der Waals surface area contributed by atoms with Crippen LogP contribution in [0.5, 0.6) is 5.75 Å². The molecule has 0 spiro atoms. The number of furan rings is 1. The van der Waals surface area contributed by atoms with Crippen molar-refractivity contribution in [2.24, 2.45) is 0 Å². The fourth-order valence-corrected chi connectivity index (χ4v) is 4.69. The number of methoxy groups -OCH3 is 1. The Labute approximate surface area is 162 Å². The fourth-order valence-electron chi connectivity index (χ4n) is 3.55. The maximum atomic E-state index is 12.9. The Balaban J connectivity index is 1.64. The lowest BCUT2D eigenvalue weighted by Crippen LogP contribution is -2.46. The van der Waals surface area contributed by atoms with E-state index in [0.717, 1.165) is 16.4 Å². The summed E-state index contributed by atoms with van der Waals surface area (Å²) >= 11 is 1.53. The van der Waals surface area contributed by atoms with Crippen molar-refractivity contribution in [3.63, 3.8) is 0 Å². The maximum Gasteiger partial charge on any atom is 0.229 e. The molecule has 6 nitrogen and oxygen atoms in total. The van der Waals surface area contributed by atoms with Gasteiger partial charge in [-0.3, -0.25) is 14.6 Å². The van der Waals surface area contributed by atoms with E-state index in [1.54, 1.807) is 18.3 Å².